The number of nitro benzene ring substituents is 1. The standard InChI is InChI=1S/C12H11N3O4/c1-7-5-8(2)14(13-7)12(17)9-3-4-10(15(18)19)11(16)6-9/h3-6,16H,1-2H3. The molecule has 0 fully saturated rings. The van der Waals surface area contributed by atoms with Crippen LogP contribution in [0.5, 0.6) is 5.75 Å². The van der Waals surface area contributed by atoms with Gasteiger partial charge in [-0.1, -0.05) is 0 Å². The van der Waals surface area contributed by atoms with Gasteiger partial charge in [0.2, 0.25) is 0 Å². The maximum absolute atomic E-state index is 12.1. The number of hydrogen-bond donors (Lipinski definition) is 1. The minimum absolute atomic E-state index is 0.134. The second kappa shape index (κ2) is 4.52. The van der Waals surface area contributed by atoms with Crippen LogP contribution in [0.3, 0.4) is 0 Å². The fourth-order valence-corrected chi connectivity index (χ4v) is 1.77. The molecule has 0 amide bonds. The average molecular weight is 261 g/mol. The van der Waals surface area contributed by atoms with Gasteiger partial charge >= 0.3 is 5.69 Å². The fraction of sp³-hybridized carbons (Fsp3) is 0.167. The minimum Gasteiger partial charge on any atom is -0.502 e. The summed E-state index contributed by atoms with van der Waals surface area (Å²) < 4.78 is 1.19. The van der Waals surface area contributed by atoms with Gasteiger partial charge in [-0.2, -0.15) is 5.10 Å². The van der Waals surface area contributed by atoms with E-state index in [-0.39, 0.29) is 5.56 Å². The molecule has 0 spiro atoms. The molecule has 0 aliphatic rings. The molecule has 0 unspecified atom stereocenters. The second-order valence-electron chi connectivity index (χ2n) is 4.10. The number of hydrogen-bond acceptors (Lipinski definition) is 5. The number of aryl methyl sites for hydroxylation is 2. The van der Waals surface area contributed by atoms with Crippen LogP contribution in [0.25, 0.3) is 0 Å². The van der Waals surface area contributed by atoms with Gasteiger partial charge in [-0.25, -0.2) is 4.68 Å². The lowest BCUT2D eigenvalue weighted by Gasteiger charge is -2.04. The van der Waals surface area contributed by atoms with Crippen molar-refractivity contribution in [1.82, 2.24) is 9.78 Å². The van der Waals surface area contributed by atoms with Crippen LogP contribution in [-0.4, -0.2) is 25.7 Å². The smallest absolute Gasteiger partial charge is 0.310 e. The number of nitrogens with zero attached hydrogens (tertiary/aromatic N) is 3. The summed E-state index contributed by atoms with van der Waals surface area (Å²) in [6, 6.07) is 5.19. The number of phenolic OH excluding ortho intramolecular Hbond substituents is 1. The maximum Gasteiger partial charge on any atom is 0.310 e. The summed E-state index contributed by atoms with van der Waals surface area (Å²) in [6.45, 7) is 3.48. The normalized spacial score (nSPS) is 10.4. The third-order valence-corrected chi connectivity index (χ3v) is 2.62. The molecule has 0 saturated heterocycles. The molecule has 1 N–H and O–H groups in total. The quantitative estimate of drug-likeness (QED) is 0.656. The van der Waals surface area contributed by atoms with Crippen LogP contribution in [0.2, 0.25) is 0 Å². The molecule has 19 heavy (non-hydrogen) atoms. The summed E-state index contributed by atoms with van der Waals surface area (Å²) in [5.74, 6) is -0.992. The number of aromatic nitrogens is 2. The molecule has 0 aliphatic carbocycles. The van der Waals surface area contributed by atoms with Gasteiger partial charge in [0.15, 0.2) is 5.75 Å². The average Bonchev–Trinajstić information content (AvgIpc) is 2.67. The van der Waals surface area contributed by atoms with Crippen LogP contribution < -0.4 is 0 Å². The van der Waals surface area contributed by atoms with Crippen molar-refractivity contribution < 1.29 is 14.8 Å². The summed E-state index contributed by atoms with van der Waals surface area (Å²) in [7, 11) is 0. The Morgan fingerprint density at radius 2 is 2.05 bits per heavy atom. The highest BCUT2D eigenvalue weighted by Crippen LogP contribution is 2.26. The van der Waals surface area contributed by atoms with E-state index in [1.165, 1.54) is 10.7 Å². The number of benzene rings is 1. The first-order valence-corrected chi connectivity index (χ1v) is 5.45. The summed E-state index contributed by atoms with van der Waals surface area (Å²) in [5.41, 5.74) is 1.04. The maximum atomic E-state index is 12.1. The van der Waals surface area contributed by atoms with Crippen molar-refractivity contribution in [2.45, 2.75) is 13.8 Å². The van der Waals surface area contributed by atoms with Gasteiger partial charge in [0.1, 0.15) is 0 Å². The summed E-state index contributed by atoms with van der Waals surface area (Å²) in [5, 5.41) is 24.1. The molecule has 0 bridgehead atoms. The highest BCUT2D eigenvalue weighted by Gasteiger charge is 2.18. The van der Waals surface area contributed by atoms with Crippen LogP contribution in [0, 0.1) is 24.0 Å². The van der Waals surface area contributed by atoms with E-state index in [2.05, 4.69) is 5.10 Å². The van der Waals surface area contributed by atoms with Gasteiger partial charge in [-0.05, 0) is 32.0 Å². The molecule has 2 aromatic rings. The molecule has 7 nitrogen and oxygen atoms in total. The Kier molecular flexibility index (Phi) is 3.04. The van der Waals surface area contributed by atoms with E-state index in [1.807, 2.05) is 0 Å². The van der Waals surface area contributed by atoms with Crippen LogP contribution >= 0.6 is 0 Å². The monoisotopic (exact) mass is 261 g/mol. The first-order valence-electron chi connectivity index (χ1n) is 5.45. The molecule has 0 atom stereocenters. The fourth-order valence-electron chi connectivity index (χ4n) is 1.77. The highest BCUT2D eigenvalue weighted by molar-refractivity contribution is 5.96. The Morgan fingerprint density at radius 3 is 2.53 bits per heavy atom. The minimum atomic E-state index is -0.715. The zero-order chi connectivity index (χ0) is 14.2. The van der Waals surface area contributed by atoms with Gasteiger partial charge in [-0.3, -0.25) is 14.9 Å². The van der Waals surface area contributed by atoms with E-state index in [4.69, 9.17) is 0 Å². The van der Waals surface area contributed by atoms with Crippen molar-refractivity contribution in [2.24, 2.45) is 0 Å². The summed E-state index contributed by atoms with van der Waals surface area (Å²) in [4.78, 5) is 22.0. The molecule has 98 valence electrons. The van der Waals surface area contributed by atoms with Crippen molar-refractivity contribution in [3.05, 3.63) is 51.3 Å². The van der Waals surface area contributed by atoms with E-state index < -0.39 is 22.3 Å². The molecule has 0 saturated carbocycles. The Morgan fingerprint density at radius 1 is 1.37 bits per heavy atom. The van der Waals surface area contributed by atoms with Crippen LogP contribution in [-0.2, 0) is 0 Å². The molecule has 0 aliphatic heterocycles. The third kappa shape index (κ3) is 2.30. The Balaban J connectivity index is 2.43. The number of carbonyl (C=O) groups is 1. The van der Waals surface area contributed by atoms with Gasteiger partial charge in [0, 0.05) is 17.3 Å². The van der Waals surface area contributed by atoms with Crippen LogP contribution in [0.4, 0.5) is 5.69 Å². The number of rotatable bonds is 2. The SMILES string of the molecule is Cc1cc(C)n(C(=O)c2ccc([N+](=O)[O-])c(O)c2)n1. The molecule has 7 heteroatoms. The lowest BCUT2D eigenvalue weighted by molar-refractivity contribution is -0.385. The van der Waals surface area contributed by atoms with Gasteiger partial charge in [-0.15, -0.1) is 0 Å². The van der Waals surface area contributed by atoms with Crippen molar-refractivity contribution in [3.63, 3.8) is 0 Å². The predicted molar refractivity (Wildman–Crippen MR) is 66.2 cm³/mol. The van der Waals surface area contributed by atoms with Crippen molar-refractivity contribution >= 4 is 11.6 Å². The van der Waals surface area contributed by atoms with Crippen LogP contribution in [0.1, 0.15) is 21.7 Å². The van der Waals surface area contributed by atoms with E-state index in [1.54, 1.807) is 19.9 Å². The van der Waals surface area contributed by atoms with Gasteiger partial charge < -0.3 is 5.11 Å². The first kappa shape index (κ1) is 12.7. The van der Waals surface area contributed by atoms with Gasteiger partial charge in [0.25, 0.3) is 5.91 Å². The molecular formula is C12H11N3O4. The number of nitro groups is 1. The van der Waals surface area contributed by atoms with E-state index in [0.29, 0.717) is 11.4 Å². The molecule has 1 heterocycles. The molecule has 1 aromatic carbocycles. The number of phenols is 1. The topological polar surface area (TPSA) is 98.3 Å². The van der Waals surface area contributed by atoms with E-state index >= 15 is 0 Å². The number of aromatic hydroxyl groups is 1. The zero-order valence-corrected chi connectivity index (χ0v) is 10.3. The van der Waals surface area contributed by atoms with Crippen molar-refractivity contribution in [1.29, 1.82) is 0 Å². The molecule has 2 rings (SSSR count). The lowest BCUT2D eigenvalue weighted by atomic mass is 10.2. The summed E-state index contributed by atoms with van der Waals surface area (Å²) >= 11 is 0. The molecular weight excluding hydrogens is 250 g/mol. The van der Waals surface area contributed by atoms with Crippen molar-refractivity contribution in [2.75, 3.05) is 0 Å². The number of carbonyl (C=O) groups excluding carboxylic acids is 1. The summed E-state index contributed by atoms with van der Waals surface area (Å²) in [6.07, 6.45) is 0. The van der Waals surface area contributed by atoms with E-state index in [9.17, 15) is 20.0 Å². The second-order valence-corrected chi connectivity index (χ2v) is 4.10. The molecule has 1 aromatic heterocycles. The predicted octanol–water partition coefficient (Wildman–Crippen LogP) is 1.80. The Hall–Kier alpha value is -2.70. The highest BCUT2D eigenvalue weighted by atomic mass is 16.6. The van der Waals surface area contributed by atoms with Crippen molar-refractivity contribution in [3.8, 4) is 5.75 Å². The Labute approximate surface area is 108 Å². The van der Waals surface area contributed by atoms with Gasteiger partial charge in [0.05, 0.1) is 10.6 Å². The first-order chi connectivity index (χ1) is 8.90. The van der Waals surface area contributed by atoms with E-state index in [0.717, 1.165) is 12.1 Å². The zero-order valence-electron chi connectivity index (χ0n) is 10.3. The molecule has 0 radical (unpaired) electrons. The van der Waals surface area contributed by atoms with Crippen LogP contribution in [0.15, 0.2) is 24.3 Å². The largest absolute Gasteiger partial charge is 0.502 e. The Bertz CT molecular complexity index is 676. The third-order valence-electron chi connectivity index (χ3n) is 2.62. The lowest BCUT2D eigenvalue weighted by Crippen LogP contribution is -2.15.